The van der Waals surface area contributed by atoms with Crippen LogP contribution in [0.1, 0.15) is 17.0 Å². The van der Waals surface area contributed by atoms with Crippen LogP contribution in [-0.4, -0.2) is 58.0 Å². The Bertz CT molecular complexity index is 909. The molecule has 0 radical (unpaired) electrons. The number of benzene rings is 1. The fourth-order valence-corrected chi connectivity index (χ4v) is 3.55. The highest BCUT2D eigenvalue weighted by atomic mass is 15.2. The molecule has 0 bridgehead atoms. The van der Waals surface area contributed by atoms with Crippen molar-refractivity contribution in [2.45, 2.75) is 20.4 Å². The number of nitrogens with zero attached hydrogens (tertiary/aromatic N) is 5. The lowest BCUT2D eigenvalue weighted by molar-refractivity contribution is 0.148. The van der Waals surface area contributed by atoms with Gasteiger partial charge in [-0.1, -0.05) is 6.07 Å². The molecule has 3 heterocycles. The minimum absolute atomic E-state index is 0.762. The molecule has 1 fully saturated rings. The second kappa shape index (κ2) is 7.09. The molecule has 0 saturated carbocycles. The average Bonchev–Trinajstić information content (AvgIpc) is 2.62. The molecule has 1 aromatic carbocycles. The zero-order chi connectivity index (χ0) is 18.1. The summed E-state index contributed by atoms with van der Waals surface area (Å²) in [4.78, 5) is 18.7. The Morgan fingerprint density at radius 3 is 2.38 bits per heavy atom. The molecule has 0 N–H and O–H groups in total. The third-order valence-corrected chi connectivity index (χ3v) is 4.99. The highest BCUT2D eigenvalue weighted by molar-refractivity contribution is 5.80. The molecule has 3 aromatic rings. The summed E-state index contributed by atoms with van der Waals surface area (Å²) >= 11 is 0. The zero-order valence-corrected chi connectivity index (χ0v) is 15.7. The van der Waals surface area contributed by atoms with Crippen LogP contribution in [0.2, 0.25) is 0 Å². The normalized spacial score (nSPS) is 16.3. The predicted molar refractivity (Wildman–Crippen MR) is 105 cm³/mol. The number of fused-ring (bicyclic) bond motifs is 1. The summed E-state index contributed by atoms with van der Waals surface area (Å²) in [5, 5.41) is 1.10. The summed E-state index contributed by atoms with van der Waals surface area (Å²) in [6.45, 7) is 9.55. The van der Waals surface area contributed by atoms with Crippen molar-refractivity contribution in [2.24, 2.45) is 0 Å². The van der Waals surface area contributed by atoms with E-state index < -0.39 is 0 Å². The number of likely N-dealkylation sites (N-methyl/N-ethyl adjacent to an activating group) is 1. The van der Waals surface area contributed by atoms with Crippen LogP contribution in [0, 0.1) is 13.8 Å². The van der Waals surface area contributed by atoms with Crippen LogP contribution in [0.15, 0.2) is 36.5 Å². The summed E-state index contributed by atoms with van der Waals surface area (Å²) < 4.78 is 0. The second-order valence-electron chi connectivity index (χ2n) is 7.30. The smallest absolute Gasteiger partial charge is 0.159 e. The van der Waals surface area contributed by atoms with Crippen LogP contribution in [0.25, 0.3) is 22.3 Å². The first-order valence-corrected chi connectivity index (χ1v) is 9.19. The van der Waals surface area contributed by atoms with E-state index in [0.717, 1.165) is 66.4 Å². The monoisotopic (exact) mass is 347 g/mol. The van der Waals surface area contributed by atoms with E-state index in [4.69, 9.17) is 4.98 Å². The van der Waals surface area contributed by atoms with Gasteiger partial charge in [-0.15, -0.1) is 0 Å². The lowest BCUT2D eigenvalue weighted by Crippen LogP contribution is -2.43. The van der Waals surface area contributed by atoms with Crippen LogP contribution in [0.3, 0.4) is 0 Å². The van der Waals surface area contributed by atoms with Crippen LogP contribution in [0.4, 0.5) is 0 Å². The van der Waals surface area contributed by atoms with Crippen molar-refractivity contribution in [3.8, 4) is 11.4 Å². The molecule has 0 aliphatic carbocycles. The van der Waals surface area contributed by atoms with E-state index in [1.807, 2.05) is 32.2 Å². The van der Waals surface area contributed by atoms with Gasteiger partial charge in [-0.05, 0) is 50.7 Å². The predicted octanol–water partition coefficient (Wildman–Crippen LogP) is 3.06. The fourth-order valence-electron chi connectivity index (χ4n) is 3.55. The number of rotatable bonds is 3. The molecule has 1 saturated heterocycles. The minimum Gasteiger partial charge on any atom is -0.304 e. The second-order valence-corrected chi connectivity index (χ2v) is 7.30. The summed E-state index contributed by atoms with van der Waals surface area (Å²) in [5.41, 5.74) is 5.33. The first-order valence-electron chi connectivity index (χ1n) is 9.19. The summed E-state index contributed by atoms with van der Waals surface area (Å²) in [6, 6.07) is 10.6. The molecule has 0 spiro atoms. The van der Waals surface area contributed by atoms with Crippen molar-refractivity contribution in [1.82, 2.24) is 24.8 Å². The number of pyridine rings is 1. The fraction of sp³-hybridized carbons (Fsp3) is 0.381. The standard InChI is InChI=1S/C21H25N5/c1-15-10-18(11-16(2)23-15)21-22-13-19-12-17(4-5-20(19)24-21)14-26-8-6-25(3)7-9-26/h4-5,10-13H,6-9,14H2,1-3H3. The number of aromatic nitrogens is 3. The third kappa shape index (κ3) is 3.74. The van der Waals surface area contributed by atoms with E-state index in [2.05, 4.69) is 45.0 Å². The topological polar surface area (TPSA) is 45.2 Å². The van der Waals surface area contributed by atoms with Crippen LogP contribution < -0.4 is 0 Å². The van der Waals surface area contributed by atoms with Crippen LogP contribution in [-0.2, 0) is 6.54 Å². The Labute approximate surface area is 154 Å². The van der Waals surface area contributed by atoms with Gasteiger partial charge in [0.25, 0.3) is 0 Å². The number of hydrogen-bond acceptors (Lipinski definition) is 5. The van der Waals surface area contributed by atoms with Gasteiger partial charge >= 0.3 is 0 Å². The SMILES string of the molecule is Cc1cc(-c2ncc3cc(CN4CCN(C)CC4)ccc3n2)cc(C)n1. The molecule has 1 aliphatic heterocycles. The first-order chi connectivity index (χ1) is 12.6. The van der Waals surface area contributed by atoms with Gasteiger partial charge in [-0.3, -0.25) is 9.88 Å². The van der Waals surface area contributed by atoms with Crippen molar-refractivity contribution in [3.05, 3.63) is 53.5 Å². The molecule has 5 heteroatoms. The summed E-state index contributed by atoms with van der Waals surface area (Å²) in [5.74, 6) is 0.762. The number of aryl methyl sites for hydroxylation is 2. The highest BCUT2D eigenvalue weighted by Crippen LogP contribution is 2.21. The van der Waals surface area contributed by atoms with E-state index >= 15 is 0 Å². The van der Waals surface area contributed by atoms with Gasteiger partial charge in [-0.2, -0.15) is 0 Å². The van der Waals surface area contributed by atoms with Gasteiger partial charge in [0.1, 0.15) is 0 Å². The van der Waals surface area contributed by atoms with Crippen LogP contribution >= 0.6 is 0 Å². The molecule has 1 aliphatic rings. The van der Waals surface area contributed by atoms with E-state index in [9.17, 15) is 0 Å². The van der Waals surface area contributed by atoms with Gasteiger partial charge in [0.15, 0.2) is 5.82 Å². The van der Waals surface area contributed by atoms with Gasteiger partial charge < -0.3 is 4.90 Å². The highest BCUT2D eigenvalue weighted by Gasteiger charge is 2.14. The van der Waals surface area contributed by atoms with Crippen LogP contribution in [0.5, 0.6) is 0 Å². The third-order valence-electron chi connectivity index (χ3n) is 4.99. The molecule has 0 atom stereocenters. The Morgan fingerprint density at radius 1 is 0.923 bits per heavy atom. The van der Waals surface area contributed by atoms with Gasteiger partial charge in [0, 0.05) is 61.3 Å². The van der Waals surface area contributed by atoms with E-state index in [1.54, 1.807) is 0 Å². The van der Waals surface area contributed by atoms with Crippen molar-refractivity contribution in [2.75, 3.05) is 33.2 Å². The van der Waals surface area contributed by atoms with Crippen molar-refractivity contribution in [1.29, 1.82) is 0 Å². The summed E-state index contributed by atoms with van der Waals surface area (Å²) in [6.07, 6.45) is 1.94. The Kier molecular flexibility index (Phi) is 4.66. The average molecular weight is 347 g/mol. The quantitative estimate of drug-likeness (QED) is 0.729. The largest absolute Gasteiger partial charge is 0.304 e. The molecule has 26 heavy (non-hydrogen) atoms. The molecule has 0 amide bonds. The van der Waals surface area contributed by atoms with Gasteiger partial charge in [-0.25, -0.2) is 9.97 Å². The Balaban J connectivity index is 1.58. The minimum atomic E-state index is 0.762. The number of hydrogen-bond donors (Lipinski definition) is 0. The Hall–Kier alpha value is -2.37. The maximum absolute atomic E-state index is 4.77. The lowest BCUT2D eigenvalue weighted by atomic mass is 10.1. The number of piperazine rings is 1. The zero-order valence-electron chi connectivity index (χ0n) is 15.7. The van der Waals surface area contributed by atoms with Gasteiger partial charge in [0.2, 0.25) is 0 Å². The maximum atomic E-state index is 4.77. The molecule has 5 nitrogen and oxygen atoms in total. The van der Waals surface area contributed by atoms with E-state index in [1.165, 1.54) is 5.56 Å². The molecule has 2 aromatic heterocycles. The van der Waals surface area contributed by atoms with E-state index in [0.29, 0.717) is 0 Å². The lowest BCUT2D eigenvalue weighted by Gasteiger charge is -2.32. The summed E-state index contributed by atoms with van der Waals surface area (Å²) in [7, 11) is 2.19. The molecule has 4 rings (SSSR count). The Morgan fingerprint density at radius 2 is 1.65 bits per heavy atom. The molecule has 0 unspecified atom stereocenters. The maximum Gasteiger partial charge on any atom is 0.159 e. The van der Waals surface area contributed by atoms with E-state index in [-0.39, 0.29) is 0 Å². The van der Waals surface area contributed by atoms with Gasteiger partial charge in [0.05, 0.1) is 5.52 Å². The first kappa shape index (κ1) is 17.1. The van der Waals surface area contributed by atoms with Crippen molar-refractivity contribution in [3.63, 3.8) is 0 Å². The van der Waals surface area contributed by atoms with Crippen molar-refractivity contribution >= 4 is 10.9 Å². The molecule has 134 valence electrons. The van der Waals surface area contributed by atoms with Crippen molar-refractivity contribution < 1.29 is 0 Å². The molecular formula is C21H25N5. The molecular weight excluding hydrogens is 322 g/mol.